The lowest BCUT2D eigenvalue weighted by Gasteiger charge is -2.27. The Labute approximate surface area is 167 Å². The summed E-state index contributed by atoms with van der Waals surface area (Å²) in [6.45, 7) is 10.9. The van der Waals surface area contributed by atoms with Gasteiger partial charge < -0.3 is 23.9 Å². The van der Waals surface area contributed by atoms with Crippen LogP contribution in [0.1, 0.15) is 43.2 Å². The number of aryl methyl sites for hydroxylation is 1. The maximum atomic E-state index is 12.4. The number of aromatic nitrogens is 1. The van der Waals surface area contributed by atoms with Gasteiger partial charge in [0.1, 0.15) is 18.5 Å². The third kappa shape index (κ3) is 5.67. The molecule has 0 spiro atoms. The highest BCUT2D eigenvalue weighted by Crippen LogP contribution is 2.34. The Kier molecular flexibility index (Phi) is 7.41. The van der Waals surface area contributed by atoms with E-state index >= 15 is 0 Å². The first-order valence-corrected chi connectivity index (χ1v) is 9.70. The normalized spacial score (nSPS) is 15.9. The molecule has 0 N–H and O–H groups in total. The molecular formula is C21H32N2O5. The first kappa shape index (κ1) is 22.1. The Hall–Kier alpha value is -2.15. The van der Waals surface area contributed by atoms with E-state index < -0.39 is 11.7 Å². The number of aldehydes is 1. The molecule has 156 valence electrons. The molecule has 0 saturated heterocycles. The van der Waals surface area contributed by atoms with Crippen LogP contribution < -0.4 is 4.74 Å². The van der Waals surface area contributed by atoms with Crippen molar-refractivity contribution in [3.8, 4) is 5.88 Å². The summed E-state index contributed by atoms with van der Waals surface area (Å²) in [7, 11) is 1.59. The summed E-state index contributed by atoms with van der Waals surface area (Å²) in [6, 6.07) is 0. The minimum atomic E-state index is -0.562. The number of fused-ring (bicyclic) bond motifs is 1. The first-order chi connectivity index (χ1) is 13.2. The second-order valence-electron chi connectivity index (χ2n) is 8.20. The molecule has 0 radical (unpaired) electrons. The van der Waals surface area contributed by atoms with Crippen molar-refractivity contribution in [1.29, 1.82) is 0 Å². The highest BCUT2D eigenvalue weighted by atomic mass is 16.6. The number of carbonyl (C=O) groups is 2. The summed E-state index contributed by atoms with van der Waals surface area (Å²) in [5.74, 6) is 0.597. The van der Waals surface area contributed by atoms with Crippen LogP contribution >= 0.6 is 0 Å². The summed E-state index contributed by atoms with van der Waals surface area (Å²) in [5, 5.41) is 0. The molecule has 2 rings (SSSR count). The second-order valence-corrected chi connectivity index (χ2v) is 8.20. The van der Waals surface area contributed by atoms with Crippen molar-refractivity contribution in [2.45, 2.75) is 53.1 Å². The lowest BCUT2D eigenvalue weighted by Crippen LogP contribution is -2.40. The number of rotatable bonds is 8. The lowest BCUT2D eigenvalue weighted by molar-refractivity contribution is -0.110. The Balaban J connectivity index is 2.03. The minimum absolute atomic E-state index is 0.0288. The molecule has 0 aromatic carbocycles. The van der Waals surface area contributed by atoms with Crippen LogP contribution in [-0.4, -0.2) is 61.3 Å². The van der Waals surface area contributed by atoms with Crippen LogP contribution in [0.3, 0.4) is 0 Å². The molecule has 0 fully saturated rings. The van der Waals surface area contributed by atoms with E-state index in [1.54, 1.807) is 12.0 Å². The van der Waals surface area contributed by atoms with E-state index in [1.165, 1.54) is 5.56 Å². The van der Waals surface area contributed by atoms with Gasteiger partial charge in [0.25, 0.3) is 0 Å². The topological polar surface area (TPSA) is 78.0 Å². The molecule has 0 saturated carbocycles. The van der Waals surface area contributed by atoms with E-state index in [9.17, 15) is 9.59 Å². The van der Waals surface area contributed by atoms with Crippen molar-refractivity contribution in [3.63, 3.8) is 0 Å². The molecule has 1 aliphatic rings. The van der Waals surface area contributed by atoms with Gasteiger partial charge in [-0.2, -0.15) is 0 Å². The molecule has 1 unspecified atom stereocenters. The molecule has 28 heavy (non-hydrogen) atoms. The number of methoxy groups -OCH3 is 1. The Bertz CT molecular complexity index is 712. The number of ether oxygens (including phenoxy) is 3. The average Bonchev–Trinajstić information content (AvgIpc) is 3.05. The standard InChI is InChI=1S/C21H32N2O5/c1-14-17-11-16(13-24)12-18(17)15(2)22-19(14)27-10-8-23(7-9-26-6)20(25)28-21(3,4)5/h13,16H,7-12H2,1-6H3. The van der Waals surface area contributed by atoms with Gasteiger partial charge in [0, 0.05) is 30.8 Å². The maximum Gasteiger partial charge on any atom is 0.410 e. The number of carbonyl (C=O) groups excluding carboxylic acids is 2. The van der Waals surface area contributed by atoms with E-state index in [2.05, 4.69) is 4.98 Å². The quantitative estimate of drug-likeness (QED) is 0.633. The molecule has 1 amide bonds. The van der Waals surface area contributed by atoms with Crippen molar-refractivity contribution >= 4 is 12.4 Å². The van der Waals surface area contributed by atoms with Gasteiger partial charge in [-0.3, -0.25) is 0 Å². The van der Waals surface area contributed by atoms with Gasteiger partial charge in [-0.25, -0.2) is 9.78 Å². The second kappa shape index (κ2) is 9.37. The summed E-state index contributed by atoms with van der Waals surface area (Å²) in [6.07, 6.45) is 2.12. The molecule has 7 heteroatoms. The molecule has 0 bridgehead atoms. The molecule has 0 aliphatic heterocycles. The predicted octanol–water partition coefficient (Wildman–Crippen LogP) is 2.87. The molecule has 1 aromatic heterocycles. The van der Waals surface area contributed by atoms with Gasteiger partial charge in [-0.15, -0.1) is 0 Å². The highest BCUT2D eigenvalue weighted by molar-refractivity contribution is 5.68. The zero-order chi connectivity index (χ0) is 20.9. The van der Waals surface area contributed by atoms with E-state index in [-0.39, 0.29) is 5.92 Å². The molecule has 1 atom stereocenters. The Morgan fingerprint density at radius 1 is 1.18 bits per heavy atom. The van der Waals surface area contributed by atoms with Crippen LogP contribution in [0.4, 0.5) is 4.79 Å². The fraction of sp³-hybridized carbons (Fsp3) is 0.667. The van der Waals surface area contributed by atoms with E-state index in [1.807, 2.05) is 34.6 Å². The van der Waals surface area contributed by atoms with Gasteiger partial charge in [-0.1, -0.05) is 0 Å². The highest BCUT2D eigenvalue weighted by Gasteiger charge is 2.27. The van der Waals surface area contributed by atoms with Crippen molar-refractivity contribution in [1.82, 2.24) is 9.88 Å². The maximum absolute atomic E-state index is 12.4. The van der Waals surface area contributed by atoms with Crippen LogP contribution in [0.5, 0.6) is 5.88 Å². The van der Waals surface area contributed by atoms with Gasteiger partial charge in [0.05, 0.1) is 13.2 Å². The zero-order valence-electron chi connectivity index (χ0n) is 17.8. The van der Waals surface area contributed by atoms with Crippen molar-refractivity contribution in [2.24, 2.45) is 5.92 Å². The van der Waals surface area contributed by atoms with Gasteiger partial charge in [-0.05, 0) is 58.6 Å². The predicted molar refractivity (Wildman–Crippen MR) is 106 cm³/mol. The van der Waals surface area contributed by atoms with E-state index in [0.29, 0.717) is 32.2 Å². The van der Waals surface area contributed by atoms with Crippen molar-refractivity contribution < 1.29 is 23.8 Å². The fourth-order valence-electron chi connectivity index (χ4n) is 3.33. The van der Waals surface area contributed by atoms with Crippen LogP contribution in [0.2, 0.25) is 0 Å². The number of hydrogen-bond donors (Lipinski definition) is 0. The minimum Gasteiger partial charge on any atom is -0.476 e. The smallest absolute Gasteiger partial charge is 0.410 e. The van der Waals surface area contributed by atoms with Crippen LogP contribution in [-0.2, 0) is 27.1 Å². The Morgan fingerprint density at radius 3 is 2.43 bits per heavy atom. The number of hydrogen-bond acceptors (Lipinski definition) is 6. The lowest BCUT2D eigenvalue weighted by atomic mass is 10.0. The van der Waals surface area contributed by atoms with E-state index in [0.717, 1.165) is 35.9 Å². The van der Waals surface area contributed by atoms with Gasteiger partial charge in [0.2, 0.25) is 5.88 Å². The molecule has 1 heterocycles. The SMILES string of the molecule is COCCN(CCOc1nc(C)c2c(c1C)CC(C=O)C2)C(=O)OC(C)(C)C. The summed E-state index contributed by atoms with van der Waals surface area (Å²) in [5.41, 5.74) is 3.66. The largest absolute Gasteiger partial charge is 0.476 e. The monoisotopic (exact) mass is 392 g/mol. The third-order valence-electron chi connectivity index (χ3n) is 4.79. The number of nitrogens with zero attached hydrogens (tertiary/aromatic N) is 2. The molecule has 7 nitrogen and oxygen atoms in total. The first-order valence-electron chi connectivity index (χ1n) is 9.70. The molecule has 1 aromatic rings. The molecule has 1 aliphatic carbocycles. The average molecular weight is 392 g/mol. The summed E-state index contributed by atoms with van der Waals surface area (Å²) in [4.78, 5) is 29.7. The van der Waals surface area contributed by atoms with Gasteiger partial charge >= 0.3 is 6.09 Å². The number of pyridine rings is 1. The third-order valence-corrected chi connectivity index (χ3v) is 4.79. The van der Waals surface area contributed by atoms with Crippen molar-refractivity contribution in [2.75, 3.05) is 33.4 Å². The van der Waals surface area contributed by atoms with Crippen molar-refractivity contribution in [3.05, 3.63) is 22.4 Å². The van der Waals surface area contributed by atoms with Crippen LogP contribution in [0.25, 0.3) is 0 Å². The van der Waals surface area contributed by atoms with Crippen LogP contribution in [0, 0.1) is 19.8 Å². The molecular weight excluding hydrogens is 360 g/mol. The summed E-state index contributed by atoms with van der Waals surface area (Å²) < 4.78 is 16.5. The van der Waals surface area contributed by atoms with E-state index in [4.69, 9.17) is 14.2 Å². The zero-order valence-corrected chi connectivity index (χ0v) is 17.8. The number of amides is 1. The Morgan fingerprint density at radius 2 is 1.82 bits per heavy atom. The summed E-state index contributed by atoms with van der Waals surface area (Å²) >= 11 is 0. The van der Waals surface area contributed by atoms with Crippen LogP contribution in [0.15, 0.2) is 0 Å². The fourth-order valence-corrected chi connectivity index (χ4v) is 3.33. The van der Waals surface area contributed by atoms with Gasteiger partial charge in [0.15, 0.2) is 0 Å².